The van der Waals surface area contributed by atoms with Crippen LogP contribution in [0.25, 0.3) is 0 Å². The number of nitrogens with one attached hydrogen (secondary N) is 1. The maximum absolute atomic E-state index is 13.0. The van der Waals surface area contributed by atoms with Gasteiger partial charge in [0.1, 0.15) is 6.54 Å². The molecule has 5 atom stereocenters. The van der Waals surface area contributed by atoms with Gasteiger partial charge in [-0.1, -0.05) is 35.1 Å². The first-order valence-corrected chi connectivity index (χ1v) is 13.5. The predicted molar refractivity (Wildman–Crippen MR) is 129 cm³/mol. The number of aryl methyl sites for hydroxylation is 1. The summed E-state index contributed by atoms with van der Waals surface area (Å²) in [5, 5.41) is 6.71. The maximum Gasteiger partial charge on any atom is 0.308 e. The van der Waals surface area contributed by atoms with Crippen molar-refractivity contribution < 1.29 is 4.79 Å². The molecule has 1 aromatic carbocycles. The van der Waals surface area contributed by atoms with E-state index in [9.17, 15) is 9.59 Å². The van der Waals surface area contributed by atoms with E-state index in [1.165, 1.54) is 40.4 Å². The molecule has 2 bridgehead atoms. The fourth-order valence-corrected chi connectivity index (χ4v) is 9.96. The predicted octanol–water partition coefficient (Wildman–Crippen LogP) is 5.57. The van der Waals surface area contributed by atoms with Gasteiger partial charge in [-0.05, 0) is 67.5 Å². The van der Waals surface area contributed by atoms with Crippen LogP contribution in [0.1, 0.15) is 40.5 Å². The summed E-state index contributed by atoms with van der Waals surface area (Å²) in [4.78, 5) is 28.4. The van der Waals surface area contributed by atoms with E-state index in [1.54, 1.807) is 4.57 Å². The van der Waals surface area contributed by atoms with Crippen LogP contribution in [-0.2, 0) is 11.3 Å². The zero-order valence-corrected chi connectivity index (χ0v) is 19.7. The number of thiazole rings is 1. The van der Waals surface area contributed by atoms with Gasteiger partial charge in [-0.3, -0.25) is 14.2 Å². The fraction of sp³-hybridized carbons (Fsp3) is 0.417. The average Bonchev–Trinajstić information content (AvgIpc) is 3.54. The highest BCUT2D eigenvalue weighted by Gasteiger charge is 2.55. The minimum absolute atomic E-state index is 0.00886. The minimum atomic E-state index is -0.144. The molecule has 4 unspecified atom stereocenters. The number of benzene rings is 1. The van der Waals surface area contributed by atoms with Gasteiger partial charge in [-0.2, -0.15) is 0 Å². The molecule has 2 aliphatic carbocycles. The van der Waals surface area contributed by atoms with Crippen molar-refractivity contribution in [2.45, 2.75) is 48.9 Å². The van der Waals surface area contributed by atoms with Crippen molar-refractivity contribution in [1.82, 2.24) is 4.57 Å². The second-order valence-electron chi connectivity index (χ2n) is 9.02. The molecule has 1 amide bonds. The first-order chi connectivity index (χ1) is 15.1. The zero-order chi connectivity index (χ0) is 21.1. The molecule has 0 radical (unpaired) electrons. The summed E-state index contributed by atoms with van der Waals surface area (Å²) in [7, 11) is 0. The van der Waals surface area contributed by atoms with Crippen LogP contribution < -0.4 is 10.2 Å². The summed E-state index contributed by atoms with van der Waals surface area (Å²) in [6.07, 6.45) is 3.98. The first-order valence-electron chi connectivity index (χ1n) is 10.9. The first kappa shape index (κ1) is 19.8. The van der Waals surface area contributed by atoms with Crippen LogP contribution in [0.15, 0.2) is 51.6 Å². The molecule has 0 saturated heterocycles. The van der Waals surface area contributed by atoms with E-state index in [-0.39, 0.29) is 17.3 Å². The second-order valence-corrected chi connectivity index (χ2v) is 12.2. The number of thioether (sulfide) groups is 1. The Morgan fingerprint density at radius 1 is 1.16 bits per heavy atom. The summed E-state index contributed by atoms with van der Waals surface area (Å²) in [6.45, 7) is 2.10. The van der Waals surface area contributed by atoms with Crippen LogP contribution in [-0.4, -0.2) is 15.7 Å². The number of thiophene rings is 1. The number of aromatic nitrogens is 1. The number of amides is 1. The molecular weight excluding hydrogens is 444 g/mol. The molecule has 3 aliphatic rings. The van der Waals surface area contributed by atoms with Crippen LogP contribution in [0.4, 0.5) is 5.69 Å². The highest BCUT2D eigenvalue weighted by Crippen LogP contribution is 2.64. The van der Waals surface area contributed by atoms with Crippen molar-refractivity contribution in [2.24, 2.45) is 17.8 Å². The lowest BCUT2D eigenvalue weighted by Gasteiger charge is -2.40. The van der Waals surface area contributed by atoms with Crippen LogP contribution in [0.2, 0.25) is 0 Å². The molecule has 31 heavy (non-hydrogen) atoms. The van der Waals surface area contributed by atoms with Crippen molar-refractivity contribution >= 4 is 46.0 Å². The third kappa shape index (κ3) is 3.33. The quantitative estimate of drug-likeness (QED) is 0.545. The standard InChI is InChI=1S/C24H24N2O2S3/c1-13-4-8-16(9-5-13)25-18(27)12-26-23-22(31-24(26)28)20(17-3-2-10-29-17)19-14-6-7-15(11-14)21(19)30-23/h2-5,8-10,14-15,19-21H,6-7,11-12H2,1H3,(H,25,27)/t14?,15?,19?,20-,21?/m1/s1. The van der Waals surface area contributed by atoms with Gasteiger partial charge >= 0.3 is 4.87 Å². The Balaban J connectivity index is 1.34. The van der Waals surface area contributed by atoms with Gasteiger partial charge in [-0.15, -0.1) is 23.1 Å². The molecule has 7 heteroatoms. The SMILES string of the molecule is Cc1ccc(NC(=O)Cn2c3c(sc2=O)[C@H](c2cccs2)C2C4CCC(C4)C2S3)cc1. The van der Waals surface area contributed by atoms with Crippen LogP contribution in [0, 0.1) is 24.7 Å². The van der Waals surface area contributed by atoms with E-state index < -0.39 is 0 Å². The number of anilines is 1. The van der Waals surface area contributed by atoms with E-state index in [4.69, 9.17) is 0 Å². The normalized spacial score (nSPS) is 28.4. The highest BCUT2D eigenvalue weighted by molar-refractivity contribution is 8.00. The molecule has 3 aromatic rings. The van der Waals surface area contributed by atoms with E-state index >= 15 is 0 Å². The fourth-order valence-electron chi connectivity index (χ4n) is 5.85. The molecule has 4 nitrogen and oxygen atoms in total. The van der Waals surface area contributed by atoms with Crippen molar-refractivity contribution in [3.05, 3.63) is 66.8 Å². The molecule has 0 spiro atoms. The molecule has 1 N–H and O–H groups in total. The molecule has 6 rings (SSSR count). The van der Waals surface area contributed by atoms with Gasteiger partial charge in [0.25, 0.3) is 0 Å². The number of rotatable bonds is 4. The number of carbonyl (C=O) groups excluding carboxylic acids is 1. The number of carbonyl (C=O) groups is 1. The van der Waals surface area contributed by atoms with Gasteiger partial charge in [-0.25, -0.2) is 0 Å². The van der Waals surface area contributed by atoms with Gasteiger partial charge in [0, 0.05) is 26.6 Å². The largest absolute Gasteiger partial charge is 0.325 e. The van der Waals surface area contributed by atoms with Gasteiger partial charge in [0.05, 0.1) is 5.03 Å². The monoisotopic (exact) mass is 468 g/mol. The zero-order valence-electron chi connectivity index (χ0n) is 17.2. The molecule has 2 fully saturated rings. The second kappa shape index (κ2) is 7.64. The van der Waals surface area contributed by atoms with Crippen molar-refractivity contribution in [3.8, 4) is 0 Å². The Hall–Kier alpha value is -1.83. The number of hydrogen-bond acceptors (Lipinski definition) is 5. The number of nitrogens with zero attached hydrogens (tertiary/aromatic N) is 1. The Morgan fingerprint density at radius 2 is 1.97 bits per heavy atom. The average molecular weight is 469 g/mol. The Kier molecular flexibility index (Phi) is 4.89. The summed E-state index contributed by atoms with van der Waals surface area (Å²) in [6, 6.07) is 12.1. The van der Waals surface area contributed by atoms with Crippen LogP contribution in [0.3, 0.4) is 0 Å². The van der Waals surface area contributed by atoms with Gasteiger partial charge in [0.15, 0.2) is 0 Å². The Labute approximate surface area is 193 Å². The smallest absolute Gasteiger partial charge is 0.308 e. The van der Waals surface area contributed by atoms with Crippen LogP contribution in [0.5, 0.6) is 0 Å². The summed E-state index contributed by atoms with van der Waals surface area (Å²) < 4.78 is 1.73. The minimum Gasteiger partial charge on any atom is -0.325 e. The lowest BCUT2D eigenvalue weighted by Crippen LogP contribution is -2.34. The van der Waals surface area contributed by atoms with Crippen molar-refractivity contribution in [2.75, 3.05) is 5.32 Å². The molecule has 2 saturated carbocycles. The molecule has 3 heterocycles. The lowest BCUT2D eigenvalue weighted by atomic mass is 9.77. The number of fused-ring (bicyclic) bond motifs is 6. The van der Waals surface area contributed by atoms with E-state index in [2.05, 4.69) is 22.8 Å². The van der Waals surface area contributed by atoms with E-state index in [0.717, 1.165) is 28.1 Å². The molecule has 1 aliphatic heterocycles. The summed E-state index contributed by atoms with van der Waals surface area (Å²) in [5.74, 6) is 2.33. The van der Waals surface area contributed by atoms with Crippen molar-refractivity contribution in [3.63, 3.8) is 0 Å². The summed E-state index contributed by atoms with van der Waals surface area (Å²) >= 11 is 5.06. The number of hydrogen-bond donors (Lipinski definition) is 1. The highest BCUT2D eigenvalue weighted by atomic mass is 32.2. The third-order valence-corrected chi connectivity index (χ3v) is 11.0. The Bertz CT molecular complexity index is 1180. The topological polar surface area (TPSA) is 51.1 Å². The van der Waals surface area contributed by atoms with Crippen molar-refractivity contribution in [1.29, 1.82) is 0 Å². The molecular formula is C24H24N2O2S3. The summed E-state index contributed by atoms with van der Waals surface area (Å²) in [5.41, 5.74) is 1.92. The van der Waals surface area contributed by atoms with E-state index in [1.807, 2.05) is 54.3 Å². The lowest BCUT2D eigenvalue weighted by molar-refractivity contribution is -0.116. The maximum atomic E-state index is 13.0. The Morgan fingerprint density at radius 3 is 2.74 bits per heavy atom. The molecule has 2 aromatic heterocycles. The van der Waals surface area contributed by atoms with Gasteiger partial charge in [0.2, 0.25) is 5.91 Å². The molecule has 160 valence electrons. The third-order valence-electron chi connectivity index (χ3n) is 7.18. The van der Waals surface area contributed by atoms with E-state index in [0.29, 0.717) is 17.1 Å². The van der Waals surface area contributed by atoms with Gasteiger partial charge < -0.3 is 5.32 Å². The van der Waals surface area contributed by atoms with Crippen LogP contribution >= 0.6 is 34.4 Å².